The van der Waals surface area contributed by atoms with E-state index in [0.717, 1.165) is 5.69 Å². The largest absolute Gasteiger partial charge is 0.497 e. The van der Waals surface area contributed by atoms with Gasteiger partial charge in [0, 0.05) is 18.8 Å². The van der Waals surface area contributed by atoms with Crippen LogP contribution in [0.1, 0.15) is 18.6 Å². The predicted octanol–water partition coefficient (Wildman–Crippen LogP) is 2.43. The number of anilines is 1. The van der Waals surface area contributed by atoms with Crippen LogP contribution in [0.3, 0.4) is 0 Å². The molecule has 2 fully saturated rings. The van der Waals surface area contributed by atoms with E-state index in [1.54, 1.807) is 24.3 Å². The summed E-state index contributed by atoms with van der Waals surface area (Å²) in [5.74, 6) is 0.735. The first-order valence-corrected chi connectivity index (χ1v) is 13.8. The van der Waals surface area contributed by atoms with E-state index in [4.69, 9.17) is 9.15 Å². The molecule has 0 unspecified atom stereocenters. The van der Waals surface area contributed by atoms with E-state index in [9.17, 15) is 18.0 Å². The van der Waals surface area contributed by atoms with Gasteiger partial charge in [-0.15, -0.1) is 0 Å². The lowest BCUT2D eigenvalue weighted by molar-refractivity contribution is -0.137. The van der Waals surface area contributed by atoms with Crippen molar-refractivity contribution in [1.29, 1.82) is 0 Å². The lowest BCUT2D eigenvalue weighted by Crippen LogP contribution is -2.57. The smallest absolute Gasteiger partial charge is 0.250 e. The second-order valence-corrected chi connectivity index (χ2v) is 11.3. The molecule has 2 aromatic carbocycles. The molecule has 0 aliphatic carbocycles. The van der Waals surface area contributed by atoms with Gasteiger partial charge in [-0.3, -0.25) is 9.59 Å². The minimum absolute atomic E-state index is 0.0987. The van der Waals surface area contributed by atoms with E-state index in [2.05, 4.69) is 5.32 Å². The predicted molar refractivity (Wildman–Crippen MR) is 140 cm³/mol. The van der Waals surface area contributed by atoms with Crippen molar-refractivity contribution < 1.29 is 27.2 Å². The Hall–Kier alpha value is -3.83. The molecule has 5 rings (SSSR count). The fraction of sp³-hybridized carbons (Fsp3) is 0.333. The fourth-order valence-electron chi connectivity index (χ4n) is 5.14. The third kappa shape index (κ3) is 4.86. The summed E-state index contributed by atoms with van der Waals surface area (Å²) < 4.78 is 38.5. The van der Waals surface area contributed by atoms with Crippen LogP contribution in [0.5, 0.6) is 5.75 Å². The molecule has 10 nitrogen and oxygen atoms in total. The molecular weight excluding hydrogens is 508 g/mol. The summed E-state index contributed by atoms with van der Waals surface area (Å²) in [4.78, 5) is 30.2. The van der Waals surface area contributed by atoms with Gasteiger partial charge in [0.2, 0.25) is 21.8 Å². The molecule has 200 valence electrons. The number of rotatable bonds is 8. The van der Waals surface area contributed by atoms with Crippen molar-refractivity contribution in [2.75, 3.05) is 38.3 Å². The number of amides is 2. The van der Waals surface area contributed by atoms with Gasteiger partial charge in [-0.1, -0.05) is 18.2 Å². The van der Waals surface area contributed by atoms with Gasteiger partial charge < -0.3 is 24.3 Å². The molecule has 1 spiro atoms. The molecule has 0 saturated carbocycles. The molecule has 0 atom stereocenters. The van der Waals surface area contributed by atoms with Gasteiger partial charge in [0.15, 0.2) is 0 Å². The third-order valence-corrected chi connectivity index (χ3v) is 9.12. The molecule has 3 heterocycles. The summed E-state index contributed by atoms with van der Waals surface area (Å²) in [7, 11) is -2.21. The van der Waals surface area contributed by atoms with Crippen molar-refractivity contribution in [3.05, 3.63) is 78.8 Å². The van der Waals surface area contributed by atoms with E-state index < -0.39 is 15.6 Å². The average molecular weight is 539 g/mol. The first-order valence-electron chi connectivity index (χ1n) is 12.4. The standard InChI is InChI=1S/C27H30N4O6S/c1-36-22-9-11-24(12-10-22)38(34,35)30-15-13-27(14-16-30)26(33)29(20-31(27)21-6-3-2-4-7-21)19-25(32)28-18-23-8-5-17-37-23/h2-12,17H,13-16,18-20H2,1H3,(H,28,32). The van der Waals surface area contributed by atoms with E-state index >= 15 is 0 Å². The Morgan fingerprint density at radius 2 is 1.74 bits per heavy atom. The summed E-state index contributed by atoms with van der Waals surface area (Å²) in [6.07, 6.45) is 2.15. The summed E-state index contributed by atoms with van der Waals surface area (Å²) in [6.45, 7) is 0.740. The van der Waals surface area contributed by atoms with Crippen molar-refractivity contribution in [2.24, 2.45) is 0 Å². The number of nitrogens with one attached hydrogen (secondary N) is 1. The van der Waals surface area contributed by atoms with Gasteiger partial charge in [-0.05, 0) is 61.4 Å². The average Bonchev–Trinajstić information content (AvgIpc) is 3.56. The van der Waals surface area contributed by atoms with Crippen molar-refractivity contribution in [2.45, 2.75) is 29.8 Å². The zero-order valence-electron chi connectivity index (χ0n) is 21.1. The fourth-order valence-corrected chi connectivity index (χ4v) is 6.59. The van der Waals surface area contributed by atoms with E-state index in [-0.39, 0.29) is 49.6 Å². The number of furan rings is 1. The Balaban J connectivity index is 1.33. The second kappa shape index (κ2) is 10.5. The van der Waals surface area contributed by atoms with Gasteiger partial charge in [0.05, 0.1) is 31.5 Å². The summed E-state index contributed by atoms with van der Waals surface area (Å²) in [5.41, 5.74) is -0.0833. The number of hydrogen-bond donors (Lipinski definition) is 1. The highest BCUT2D eigenvalue weighted by Gasteiger charge is 2.55. The first kappa shape index (κ1) is 25.8. The maximum atomic E-state index is 13.8. The molecule has 0 radical (unpaired) electrons. The van der Waals surface area contributed by atoms with Crippen LogP contribution in [0.15, 0.2) is 82.3 Å². The highest BCUT2D eigenvalue weighted by Crippen LogP contribution is 2.40. The molecular formula is C27H30N4O6S. The monoisotopic (exact) mass is 538 g/mol. The van der Waals surface area contributed by atoms with Crippen LogP contribution in [-0.2, 0) is 26.2 Å². The number of methoxy groups -OCH3 is 1. The van der Waals surface area contributed by atoms with E-state index in [1.807, 2.05) is 35.2 Å². The summed E-state index contributed by atoms with van der Waals surface area (Å²) in [5, 5.41) is 2.79. The highest BCUT2D eigenvalue weighted by molar-refractivity contribution is 7.89. The van der Waals surface area contributed by atoms with Crippen LogP contribution in [-0.4, -0.2) is 68.4 Å². The lowest BCUT2D eigenvalue weighted by Gasteiger charge is -2.42. The minimum Gasteiger partial charge on any atom is -0.497 e. The molecule has 2 saturated heterocycles. The Morgan fingerprint density at radius 1 is 1.03 bits per heavy atom. The van der Waals surface area contributed by atoms with Crippen molar-refractivity contribution in [3.8, 4) is 5.75 Å². The topological polar surface area (TPSA) is 112 Å². The number of carbonyl (C=O) groups is 2. The normalized spacial score (nSPS) is 17.7. The first-order chi connectivity index (χ1) is 18.3. The molecule has 0 bridgehead atoms. The number of piperidine rings is 1. The third-order valence-electron chi connectivity index (χ3n) is 7.20. The molecule has 11 heteroatoms. The van der Waals surface area contributed by atoms with Gasteiger partial charge in [-0.2, -0.15) is 4.31 Å². The van der Waals surface area contributed by atoms with Gasteiger partial charge in [-0.25, -0.2) is 8.42 Å². The maximum absolute atomic E-state index is 13.8. The Bertz CT molecular complexity index is 1370. The number of ether oxygens (including phenoxy) is 1. The van der Waals surface area contributed by atoms with Gasteiger partial charge >= 0.3 is 0 Å². The van der Waals surface area contributed by atoms with Gasteiger partial charge in [0.25, 0.3) is 0 Å². The van der Waals surface area contributed by atoms with Crippen LogP contribution in [0.2, 0.25) is 0 Å². The maximum Gasteiger partial charge on any atom is 0.250 e. The molecule has 2 aliphatic heterocycles. The number of carbonyl (C=O) groups excluding carboxylic acids is 2. The van der Waals surface area contributed by atoms with Gasteiger partial charge in [0.1, 0.15) is 23.6 Å². The minimum atomic E-state index is -3.73. The number of sulfonamides is 1. The van der Waals surface area contributed by atoms with Crippen LogP contribution < -0.4 is 15.0 Å². The lowest BCUT2D eigenvalue weighted by atomic mass is 9.86. The van der Waals surface area contributed by atoms with E-state index in [0.29, 0.717) is 24.4 Å². The zero-order valence-corrected chi connectivity index (χ0v) is 21.9. The molecule has 38 heavy (non-hydrogen) atoms. The number of para-hydroxylation sites is 1. The van der Waals surface area contributed by atoms with Crippen molar-refractivity contribution in [3.63, 3.8) is 0 Å². The van der Waals surface area contributed by atoms with Crippen LogP contribution in [0, 0.1) is 0 Å². The number of hydrogen-bond acceptors (Lipinski definition) is 7. The zero-order chi connectivity index (χ0) is 26.8. The number of benzene rings is 2. The van der Waals surface area contributed by atoms with Crippen LogP contribution in [0.4, 0.5) is 5.69 Å². The Labute approximate surface area is 221 Å². The van der Waals surface area contributed by atoms with E-state index in [1.165, 1.54) is 34.7 Å². The summed E-state index contributed by atoms with van der Waals surface area (Å²) >= 11 is 0. The molecule has 2 aliphatic rings. The quantitative estimate of drug-likeness (QED) is 0.469. The summed E-state index contributed by atoms with van der Waals surface area (Å²) in [6, 6.07) is 19.3. The molecule has 1 aromatic heterocycles. The van der Waals surface area contributed by atoms with Crippen LogP contribution >= 0.6 is 0 Å². The van der Waals surface area contributed by atoms with Crippen LogP contribution in [0.25, 0.3) is 0 Å². The Morgan fingerprint density at radius 3 is 2.37 bits per heavy atom. The second-order valence-electron chi connectivity index (χ2n) is 9.38. The molecule has 1 N–H and O–H groups in total. The Kier molecular flexibility index (Phi) is 7.13. The SMILES string of the molecule is COc1ccc(S(=O)(=O)N2CCC3(CC2)C(=O)N(CC(=O)NCc2ccco2)CN3c2ccccc2)cc1. The molecule has 2 amide bonds. The van der Waals surface area contributed by atoms with Crippen molar-refractivity contribution >= 4 is 27.5 Å². The number of nitrogens with zero attached hydrogens (tertiary/aromatic N) is 3. The highest BCUT2D eigenvalue weighted by atomic mass is 32.2. The van der Waals surface area contributed by atoms with Crippen molar-refractivity contribution in [1.82, 2.24) is 14.5 Å². The molecule has 3 aromatic rings.